The normalized spacial score (nSPS) is 10.7. The molecule has 2 aromatic rings. The van der Waals surface area contributed by atoms with Gasteiger partial charge < -0.3 is 19.9 Å². The average Bonchev–Trinajstić information content (AvgIpc) is 2.72. The molecule has 0 radical (unpaired) electrons. The van der Waals surface area contributed by atoms with Crippen molar-refractivity contribution in [2.75, 3.05) is 19.0 Å². The van der Waals surface area contributed by atoms with Crippen molar-refractivity contribution >= 4 is 23.6 Å². The fraction of sp³-hybridized carbons (Fsp3) is 0.208. The SMILES string of the molecule is C=CCc1cc(/C=C(/C#N)C(=O)Nc2ccc(C)cc2C)cc(OC)c1OCC(=O)O. The zero-order valence-electron chi connectivity index (χ0n) is 17.7. The summed E-state index contributed by atoms with van der Waals surface area (Å²) in [5.41, 5.74) is 3.64. The first-order chi connectivity index (χ1) is 14.8. The maximum atomic E-state index is 12.7. The molecule has 0 atom stereocenters. The summed E-state index contributed by atoms with van der Waals surface area (Å²) in [7, 11) is 1.42. The zero-order valence-corrected chi connectivity index (χ0v) is 17.7. The second kappa shape index (κ2) is 10.6. The van der Waals surface area contributed by atoms with Crippen molar-refractivity contribution in [3.05, 3.63) is 70.8 Å². The van der Waals surface area contributed by atoms with Crippen LogP contribution in [-0.2, 0) is 16.0 Å². The molecule has 7 heteroatoms. The molecule has 2 aromatic carbocycles. The number of nitrogens with zero attached hydrogens (tertiary/aromatic N) is 1. The Morgan fingerprint density at radius 2 is 2.00 bits per heavy atom. The Morgan fingerprint density at radius 1 is 1.26 bits per heavy atom. The molecule has 7 nitrogen and oxygen atoms in total. The van der Waals surface area contributed by atoms with Crippen LogP contribution in [0.1, 0.15) is 22.3 Å². The quantitative estimate of drug-likeness (QED) is 0.360. The number of carboxylic acids is 1. The van der Waals surface area contributed by atoms with Crippen LogP contribution < -0.4 is 14.8 Å². The maximum absolute atomic E-state index is 12.7. The molecule has 160 valence electrons. The number of hydrogen-bond donors (Lipinski definition) is 2. The number of ether oxygens (including phenoxy) is 2. The highest BCUT2D eigenvalue weighted by Gasteiger charge is 2.16. The Balaban J connectivity index is 2.41. The Kier molecular flexibility index (Phi) is 7.98. The fourth-order valence-corrected chi connectivity index (χ4v) is 2.98. The van der Waals surface area contributed by atoms with Crippen LogP contribution in [0.4, 0.5) is 5.69 Å². The first-order valence-corrected chi connectivity index (χ1v) is 9.45. The van der Waals surface area contributed by atoms with Crippen LogP contribution >= 0.6 is 0 Å². The van der Waals surface area contributed by atoms with Gasteiger partial charge in [0.25, 0.3) is 5.91 Å². The summed E-state index contributed by atoms with van der Waals surface area (Å²) in [5, 5.41) is 21.2. The van der Waals surface area contributed by atoms with Crippen molar-refractivity contribution < 1.29 is 24.2 Å². The molecule has 0 aliphatic heterocycles. The number of benzene rings is 2. The number of carbonyl (C=O) groups excluding carboxylic acids is 1. The molecule has 2 N–H and O–H groups in total. The highest BCUT2D eigenvalue weighted by atomic mass is 16.5. The van der Waals surface area contributed by atoms with E-state index in [4.69, 9.17) is 14.6 Å². The van der Waals surface area contributed by atoms with Crippen LogP contribution in [-0.4, -0.2) is 30.7 Å². The number of carboxylic acid groups (broad SMARTS) is 1. The first kappa shape index (κ1) is 23.2. The lowest BCUT2D eigenvalue weighted by molar-refractivity contribution is -0.139. The third-order valence-corrected chi connectivity index (χ3v) is 4.38. The monoisotopic (exact) mass is 420 g/mol. The Morgan fingerprint density at radius 3 is 2.58 bits per heavy atom. The Labute approximate surface area is 181 Å². The summed E-state index contributed by atoms with van der Waals surface area (Å²) in [6.07, 6.45) is 3.45. The second-order valence-electron chi connectivity index (χ2n) is 6.83. The van der Waals surface area contributed by atoms with Gasteiger partial charge in [-0.1, -0.05) is 23.8 Å². The largest absolute Gasteiger partial charge is 0.493 e. The molecule has 0 heterocycles. The molecule has 0 fully saturated rings. The molecule has 1 amide bonds. The number of allylic oxidation sites excluding steroid dienone is 1. The number of nitriles is 1. The van der Waals surface area contributed by atoms with E-state index < -0.39 is 18.5 Å². The topological polar surface area (TPSA) is 109 Å². The minimum absolute atomic E-state index is 0.0919. The van der Waals surface area contributed by atoms with Gasteiger partial charge in [0.15, 0.2) is 18.1 Å². The van der Waals surface area contributed by atoms with Crippen LogP contribution in [0.5, 0.6) is 11.5 Å². The van der Waals surface area contributed by atoms with Gasteiger partial charge in [-0.2, -0.15) is 5.26 Å². The third-order valence-electron chi connectivity index (χ3n) is 4.38. The van der Waals surface area contributed by atoms with Crippen LogP contribution in [0.2, 0.25) is 0 Å². The minimum Gasteiger partial charge on any atom is -0.493 e. The van der Waals surface area contributed by atoms with Crippen LogP contribution in [0, 0.1) is 25.2 Å². The molecule has 0 aliphatic rings. The van der Waals surface area contributed by atoms with E-state index in [1.165, 1.54) is 13.2 Å². The van der Waals surface area contributed by atoms with E-state index in [1.54, 1.807) is 24.3 Å². The number of amides is 1. The van der Waals surface area contributed by atoms with Gasteiger partial charge in [0, 0.05) is 11.3 Å². The molecule has 2 rings (SSSR count). The first-order valence-electron chi connectivity index (χ1n) is 9.45. The summed E-state index contributed by atoms with van der Waals surface area (Å²) in [6.45, 7) is 7.00. The zero-order chi connectivity index (χ0) is 23.0. The molecule has 31 heavy (non-hydrogen) atoms. The molecule has 0 aliphatic carbocycles. The van der Waals surface area contributed by atoms with Gasteiger partial charge in [0.1, 0.15) is 11.6 Å². The van der Waals surface area contributed by atoms with Gasteiger partial charge in [-0.05, 0) is 55.7 Å². The van der Waals surface area contributed by atoms with Gasteiger partial charge in [-0.3, -0.25) is 4.79 Å². The second-order valence-corrected chi connectivity index (χ2v) is 6.83. The van der Waals surface area contributed by atoms with Crippen molar-refractivity contribution in [2.24, 2.45) is 0 Å². The summed E-state index contributed by atoms with van der Waals surface area (Å²) >= 11 is 0. The van der Waals surface area contributed by atoms with E-state index in [1.807, 2.05) is 32.0 Å². The van der Waals surface area contributed by atoms with Gasteiger partial charge in [0.2, 0.25) is 0 Å². The van der Waals surface area contributed by atoms with Crippen molar-refractivity contribution in [3.8, 4) is 17.6 Å². The third kappa shape index (κ3) is 6.21. The van der Waals surface area contributed by atoms with Crippen molar-refractivity contribution in [1.29, 1.82) is 5.26 Å². The number of carbonyl (C=O) groups is 2. The highest BCUT2D eigenvalue weighted by molar-refractivity contribution is 6.10. The summed E-state index contributed by atoms with van der Waals surface area (Å²) in [6, 6.07) is 10.8. The molecule has 0 spiro atoms. The molecule has 0 saturated heterocycles. The van der Waals surface area contributed by atoms with Crippen LogP contribution in [0.3, 0.4) is 0 Å². The molecular weight excluding hydrogens is 396 g/mol. The van der Waals surface area contributed by atoms with Gasteiger partial charge >= 0.3 is 5.97 Å². The predicted molar refractivity (Wildman–Crippen MR) is 118 cm³/mol. The van der Waals surface area contributed by atoms with Crippen LogP contribution in [0.25, 0.3) is 6.08 Å². The number of hydrogen-bond acceptors (Lipinski definition) is 5. The highest BCUT2D eigenvalue weighted by Crippen LogP contribution is 2.34. The predicted octanol–water partition coefficient (Wildman–Crippen LogP) is 4.05. The fourth-order valence-electron chi connectivity index (χ4n) is 2.98. The van der Waals surface area contributed by atoms with Crippen molar-refractivity contribution in [2.45, 2.75) is 20.3 Å². The molecule has 0 saturated carbocycles. The number of rotatable bonds is 9. The number of nitrogens with one attached hydrogen (secondary N) is 1. The average molecular weight is 420 g/mol. The maximum Gasteiger partial charge on any atom is 0.341 e. The molecule has 0 bridgehead atoms. The van der Waals surface area contributed by atoms with E-state index >= 15 is 0 Å². The Bertz CT molecular complexity index is 1080. The standard InChI is InChI=1S/C24H24N2O5/c1-5-6-18-10-17(12-21(30-4)23(18)31-14-22(27)28)11-19(13-25)24(29)26-20-8-7-15(2)9-16(20)3/h5,7-12H,1,6,14H2,2-4H3,(H,26,29)(H,27,28)/b19-11-. The van der Waals surface area contributed by atoms with E-state index in [0.29, 0.717) is 29.0 Å². The smallest absolute Gasteiger partial charge is 0.341 e. The number of aryl methyl sites for hydroxylation is 2. The van der Waals surface area contributed by atoms with Gasteiger partial charge in [-0.25, -0.2) is 4.79 Å². The Hall–Kier alpha value is -4.05. The summed E-state index contributed by atoms with van der Waals surface area (Å²) in [4.78, 5) is 23.5. The lowest BCUT2D eigenvalue weighted by Gasteiger charge is -2.15. The number of aliphatic carboxylic acids is 1. The molecule has 0 unspecified atom stereocenters. The molecule has 0 aromatic heterocycles. The lowest BCUT2D eigenvalue weighted by atomic mass is 10.0. The van der Waals surface area contributed by atoms with Gasteiger partial charge in [0.05, 0.1) is 7.11 Å². The van der Waals surface area contributed by atoms with E-state index in [2.05, 4.69) is 11.9 Å². The van der Waals surface area contributed by atoms with Crippen molar-refractivity contribution in [1.82, 2.24) is 0 Å². The minimum atomic E-state index is -1.12. The number of methoxy groups -OCH3 is 1. The van der Waals surface area contributed by atoms with Gasteiger partial charge in [-0.15, -0.1) is 6.58 Å². The van der Waals surface area contributed by atoms with Crippen molar-refractivity contribution in [3.63, 3.8) is 0 Å². The summed E-state index contributed by atoms with van der Waals surface area (Å²) < 4.78 is 10.7. The summed E-state index contributed by atoms with van der Waals surface area (Å²) in [5.74, 6) is -1.09. The van der Waals surface area contributed by atoms with Crippen LogP contribution in [0.15, 0.2) is 48.6 Å². The number of anilines is 1. The molecular formula is C24H24N2O5. The van der Waals surface area contributed by atoms with E-state index in [-0.39, 0.29) is 11.3 Å². The lowest BCUT2D eigenvalue weighted by Crippen LogP contribution is -2.14. The van der Waals surface area contributed by atoms with E-state index in [9.17, 15) is 14.9 Å². The van der Waals surface area contributed by atoms with E-state index in [0.717, 1.165) is 11.1 Å².